The zero-order chi connectivity index (χ0) is 8.85. The summed E-state index contributed by atoms with van der Waals surface area (Å²) in [4.78, 5) is 0. The Morgan fingerprint density at radius 3 is 2.00 bits per heavy atom. The molecule has 1 N–H and O–H groups in total. The Morgan fingerprint density at radius 1 is 1.23 bits per heavy atom. The first kappa shape index (κ1) is 19.6. The molecule has 2 nitrogen and oxygen atoms in total. The van der Waals surface area contributed by atoms with Crippen molar-refractivity contribution in [3.63, 3.8) is 0 Å². The van der Waals surface area contributed by atoms with E-state index in [0.29, 0.717) is 6.04 Å². The van der Waals surface area contributed by atoms with Crippen molar-refractivity contribution >= 4 is 36.4 Å². The Bertz CT molecular complexity index is 108. The Balaban J connectivity index is -0.000000500. The van der Waals surface area contributed by atoms with E-state index < -0.39 is 0 Å². The average molecular weight is 245 g/mol. The van der Waals surface area contributed by atoms with Gasteiger partial charge in [0.1, 0.15) is 0 Å². The van der Waals surface area contributed by atoms with E-state index >= 15 is 0 Å². The van der Waals surface area contributed by atoms with Crippen LogP contribution in [0.15, 0.2) is 0 Å². The van der Waals surface area contributed by atoms with E-state index in [9.17, 15) is 0 Å². The lowest BCUT2D eigenvalue weighted by Crippen LogP contribution is -2.34. The normalized spacial score (nSPS) is 14.3. The van der Waals surface area contributed by atoms with E-state index in [1.807, 2.05) is 6.92 Å². The molecule has 0 aromatic heterocycles. The van der Waals surface area contributed by atoms with E-state index in [4.69, 9.17) is 5.11 Å². The van der Waals surface area contributed by atoms with Crippen LogP contribution in [0, 0.1) is 0 Å². The molecule has 0 aliphatic heterocycles. The fourth-order valence-corrected chi connectivity index (χ4v) is 1.34. The average Bonchev–Trinajstić information content (AvgIpc) is 2.02. The number of aliphatic hydroxyl groups is 1. The molecule has 0 aliphatic rings. The minimum Gasteiger partial charge on any atom is -0.395 e. The maximum Gasteiger partial charge on any atom is 0.0587 e. The van der Waals surface area contributed by atoms with Crippen molar-refractivity contribution < 1.29 is 5.11 Å². The predicted molar refractivity (Wildman–Crippen MR) is 73.2 cm³/mol. The van der Waals surface area contributed by atoms with Crippen LogP contribution in [0.5, 0.6) is 0 Å². The minimum atomic E-state index is 0. The summed E-state index contributed by atoms with van der Waals surface area (Å²) in [6.07, 6.45) is 2.39. The highest BCUT2D eigenvalue weighted by atomic mass is 32.1. The van der Waals surface area contributed by atoms with Crippen molar-refractivity contribution in [1.82, 2.24) is 4.67 Å². The first-order valence-corrected chi connectivity index (χ1v) is 4.79. The molecule has 0 bridgehead atoms. The van der Waals surface area contributed by atoms with Crippen LogP contribution >= 0.6 is 36.4 Å². The van der Waals surface area contributed by atoms with Crippen LogP contribution in [0.4, 0.5) is 0 Å². The molecular weight excluding hydrogens is 221 g/mol. The van der Waals surface area contributed by atoms with Gasteiger partial charge in [0.2, 0.25) is 0 Å². The van der Waals surface area contributed by atoms with Crippen LogP contribution in [-0.2, 0) is 0 Å². The summed E-state index contributed by atoms with van der Waals surface area (Å²) in [6.45, 7) is 6.62. The Kier molecular flexibility index (Phi) is 16.8. The molecule has 3 atom stereocenters. The lowest BCUT2D eigenvalue weighted by molar-refractivity contribution is 0.179. The summed E-state index contributed by atoms with van der Waals surface area (Å²) in [7, 11) is 2.68. The van der Waals surface area contributed by atoms with Gasteiger partial charge in [-0.05, 0) is 20.3 Å². The van der Waals surface area contributed by atoms with E-state index in [1.54, 1.807) is 0 Å². The van der Waals surface area contributed by atoms with Gasteiger partial charge in [0.15, 0.2) is 0 Å². The summed E-state index contributed by atoms with van der Waals surface area (Å²) < 4.78 is 2.14. The smallest absolute Gasteiger partial charge is 0.0587 e. The second-order valence-corrected chi connectivity index (χ2v) is 3.71. The predicted octanol–water partition coefficient (Wildman–Crippen LogP) is 1.87. The van der Waals surface area contributed by atoms with Gasteiger partial charge in [-0.3, -0.25) is 4.67 Å². The Hall–Kier alpha value is 1.05. The van der Waals surface area contributed by atoms with Gasteiger partial charge in [0.25, 0.3) is 0 Å². The monoisotopic (exact) mass is 245 g/mol. The van der Waals surface area contributed by atoms with Gasteiger partial charge in [-0.2, -0.15) is 27.0 Å². The largest absolute Gasteiger partial charge is 0.395 e. The van der Waals surface area contributed by atoms with E-state index in [-0.39, 0.29) is 39.6 Å². The molecule has 0 spiro atoms. The molecule has 0 fully saturated rings. The quantitative estimate of drug-likeness (QED) is 0.748. The van der Waals surface area contributed by atoms with Gasteiger partial charge in [-0.1, -0.05) is 22.7 Å². The zero-order valence-electron chi connectivity index (χ0n) is 8.75. The van der Waals surface area contributed by atoms with Crippen LogP contribution in [-0.4, -0.2) is 28.5 Å². The molecule has 13 heavy (non-hydrogen) atoms. The van der Waals surface area contributed by atoms with Crippen LogP contribution in [0.3, 0.4) is 0 Å². The van der Waals surface area contributed by atoms with Crippen molar-refractivity contribution in [2.75, 3.05) is 6.61 Å². The van der Waals surface area contributed by atoms with E-state index in [2.05, 4.69) is 27.9 Å². The number of hydrogen-bond acceptors (Lipinski definition) is 2. The second kappa shape index (κ2) is 11.1. The van der Waals surface area contributed by atoms with Crippen LogP contribution < -0.4 is 0 Å². The molecule has 0 aromatic carbocycles. The van der Waals surface area contributed by atoms with Gasteiger partial charge in [-0.15, -0.1) is 0 Å². The van der Waals surface area contributed by atoms with Gasteiger partial charge in [-0.25, -0.2) is 0 Å². The molecule has 0 aromatic rings. The van der Waals surface area contributed by atoms with E-state index in [1.165, 1.54) is 12.8 Å². The fraction of sp³-hybridized carbons (Fsp3) is 1.00. The molecule has 0 aliphatic carbocycles. The lowest BCUT2D eigenvalue weighted by Gasteiger charge is -2.28. The second-order valence-electron chi connectivity index (χ2n) is 3.12. The SMILES string of the molecule is CCC[C@@H](C)N(P)[C@@H](C)CO.S.S. The third-order valence-corrected chi connectivity index (χ3v) is 3.01. The number of aliphatic hydroxyl groups excluding tert-OH is 1. The first-order chi connectivity index (χ1) is 5.13. The number of rotatable bonds is 5. The molecule has 0 heterocycles. The summed E-state index contributed by atoms with van der Waals surface area (Å²) in [5.41, 5.74) is 0. The highest BCUT2D eigenvalue weighted by molar-refractivity contribution is 7.59. The molecule has 0 radical (unpaired) electrons. The van der Waals surface area contributed by atoms with Crippen molar-refractivity contribution in [2.45, 2.75) is 45.7 Å². The standard InChI is InChI=1S/C8H20NOP.2H2S/c1-4-5-7(2)9(11)8(3)6-10;;/h7-8,10H,4-6,11H2,1-3H3;2*1H2/t7-,8+;;/m1../s1. The van der Waals surface area contributed by atoms with Crippen molar-refractivity contribution in [2.24, 2.45) is 0 Å². The third kappa shape index (κ3) is 8.07. The van der Waals surface area contributed by atoms with Gasteiger partial charge < -0.3 is 5.11 Å². The molecule has 0 saturated heterocycles. The minimum absolute atomic E-state index is 0. The van der Waals surface area contributed by atoms with Crippen molar-refractivity contribution in [3.8, 4) is 0 Å². The molecule has 0 rings (SSSR count). The Morgan fingerprint density at radius 2 is 1.69 bits per heavy atom. The number of nitrogens with zero attached hydrogens (tertiary/aromatic N) is 1. The van der Waals surface area contributed by atoms with Gasteiger partial charge >= 0.3 is 0 Å². The van der Waals surface area contributed by atoms with Gasteiger partial charge in [0.05, 0.1) is 6.61 Å². The van der Waals surface area contributed by atoms with Crippen molar-refractivity contribution in [3.05, 3.63) is 0 Å². The van der Waals surface area contributed by atoms with E-state index in [0.717, 1.165) is 0 Å². The third-order valence-electron chi connectivity index (χ3n) is 1.99. The van der Waals surface area contributed by atoms with Crippen LogP contribution in [0.1, 0.15) is 33.6 Å². The molecule has 84 valence electrons. The highest BCUT2D eigenvalue weighted by Crippen LogP contribution is 2.14. The Labute approximate surface area is 98.6 Å². The molecule has 0 saturated carbocycles. The fourth-order valence-electron chi connectivity index (χ4n) is 1.10. The van der Waals surface area contributed by atoms with Crippen LogP contribution in [0.2, 0.25) is 0 Å². The summed E-state index contributed by atoms with van der Waals surface area (Å²) in [5.74, 6) is 0. The first-order valence-electron chi connectivity index (χ1n) is 4.27. The van der Waals surface area contributed by atoms with Crippen LogP contribution in [0.25, 0.3) is 0 Å². The maximum absolute atomic E-state index is 8.87. The topological polar surface area (TPSA) is 23.5 Å². The lowest BCUT2D eigenvalue weighted by atomic mass is 10.2. The summed E-state index contributed by atoms with van der Waals surface area (Å²) >= 11 is 0. The molecular formula is C8H24NOPS2. The summed E-state index contributed by atoms with van der Waals surface area (Å²) in [5, 5.41) is 8.87. The molecule has 1 unspecified atom stereocenters. The summed E-state index contributed by atoms with van der Waals surface area (Å²) in [6, 6.07) is 0.800. The highest BCUT2D eigenvalue weighted by Gasteiger charge is 2.13. The number of hydrogen-bond donors (Lipinski definition) is 1. The molecule has 0 amide bonds. The van der Waals surface area contributed by atoms with Crippen molar-refractivity contribution in [1.29, 1.82) is 0 Å². The maximum atomic E-state index is 8.87. The zero-order valence-corrected chi connectivity index (χ0v) is 11.9. The molecule has 5 heteroatoms. The van der Waals surface area contributed by atoms with Gasteiger partial charge in [0, 0.05) is 12.1 Å².